The van der Waals surface area contributed by atoms with Gasteiger partial charge in [-0.1, -0.05) is 29.5 Å². The number of aryl methyl sites for hydroxylation is 1. The van der Waals surface area contributed by atoms with Crippen LogP contribution in [-0.4, -0.2) is 26.5 Å². The zero-order chi connectivity index (χ0) is 20.1. The van der Waals surface area contributed by atoms with E-state index in [4.69, 9.17) is 4.74 Å². The summed E-state index contributed by atoms with van der Waals surface area (Å²) >= 11 is 1.36. The number of ether oxygens (including phenoxy) is 1. The van der Waals surface area contributed by atoms with Crippen molar-refractivity contribution in [2.75, 3.05) is 11.8 Å². The molecule has 0 saturated heterocycles. The van der Waals surface area contributed by atoms with E-state index >= 15 is 0 Å². The molecule has 1 aromatic heterocycles. The molecule has 6 nitrogen and oxygen atoms in total. The van der Waals surface area contributed by atoms with Crippen molar-refractivity contribution in [3.8, 4) is 0 Å². The zero-order valence-electron chi connectivity index (χ0n) is 15.2. The number of hydrogen-bond acceptors (Lipinski definition) is 6. The molecule has 0 aliphatic heterocycles. The van der Waals surface area contributed by atoms with Gasteiger partial charge >= 0.3 is 5.97 Å². The third-order valence-corrected chi connectivity index (χ3v) is 6.15. The van der Waals surface area contributed by atoms with Crippen LogP contribution in [0.1, 0.15) is 15.9 Å². The minimum Gasteiger partial charge on any atom is -0.465 e. The zero-order valence-corrected chi connectivity index (χ0v) is 16.9. The topological polar surface area (TPSA) is 85.4 Å². The number of nitrogens with zero attached hydrogens (tertiary/aromatic N) is 1. The fraction of sp³-hybridized carbons (Fsp3) is 0.100. The molecule has 0 fully saturated rings. The summed E-state index contributed by atoms with van der Waals surface area (Å²) in [5, 5.41) is 0.635. The molecule has 144 valence electrons. The van der Waals surface area contributed by atoms with E-state index in [1.165, 1.54) is 18.9 Å². The summed E-state index contributed by atoms with van der Waals surface area (Å²) in [5.74, 6) is -0.426. The van der Waals surface area contributed by atoms with Gasteiger partial charge in [0.05, 0.1) is 17.6 Å². The van der Waals surface area contributed by atoms with Gasteiger partial charge in [0.1, 0.15) is 5.03 Å². The van der Waals surface area contributed by atoms with Crippen molar-refractivity contribution in [2.24, 2.45) is 0 Å². The van der Waals surface area contributed by atoms with Crippen molar-refractivity contribution < 1.29 is 17.9 Å². The summed E-state index contributed by atoms with van der Waals surface area (Å²) in [5.41, 5.74) is 1.87. The molecule has 0 unspecified atom stereocenters. The number of esters is 1. The summed E-state index contributed by atoms with van der Waals surface area (Å²) in [6.07, 6.45) is 1.54. The Morgan fingerprint density at radius 2 is 1.71 bits per heavy atom. The Morgan fingerprint density at radius 1 is 1.04 bits per heavy atom. The summed E-state index contributed by atoms with van der Waals surface area (Å²) in [7, 11) is -2.32. The second-order valence-corrected chi connectivity index (χ2v) is 8.70. The van der Waals surface area contributed by atoms with Crippen molar-refractivity contribution in [2.45, 2.75) is 21.7 Å². The Bertz CT molecular complexity index is 1080. The molecule has 3 aromatic rings. The highest BCUT2D eigenvalue weighted by molar-refractivity contribution is 7.99. The van der Waals surface area contributed by atoms with E-state index in [9.17, 15) is 13.2 Å². The van der Waals surface area contributed by atoms with Crippen molar-refractivity contribution in [1.82, 2.24) is 4.98 Å². The summed E-state index contributed by atoms with van der Waals surface area (Å²) in [6, 6.07) is 16.8. The molecular weight excluding hydrogens is 396 g/mol. The van der Waals surface area contributed by atoms with Crippen molar-refractivity contribution in [3.63, 3.8) is 0 Å². The number of carbonyl (C=O) groups excluding carboxylic acids is 1. The normalized spacial score (nSPS) is 11.1. The maximum Gasteiger partial charge on any atom is 0.337 e. The minimum absolute atomic E-state index is 0.209. The number of anilines is 1. The van der Waals surface area contributed by atoms with Crippen molar-refractivity contribution in [3.05, 3.63) is 78.0 Å². The smallest absolute Gasteiger partial charge is 0.337 e. The highest BCUT2D eigenvalue weighted by Gasteiger charge is 2.14. The average molecular weight is 415 g/mol. The molecule has 0 aliphatic rings. The van der Waals surface area contributed by atoms with E-state index in [-0.39, 0.29) is 4.90 Å². The number of benzene rings is 2. The summed E-state index contributed by atoms with van der Waals surface area (Å²) in [4.78, 5) is 16.9. The van der Waals surface area contributed by atoms with Gasteiger partial charge < -0.3 is 4.74 Å². The van der Waals surface area contributed by atoms with Gasteiger partial charge in [-0.2, -0.15) is 0 Å². The second-order valence-electron chi connectivity index (χ2n) is 5.92. The first kappa shape index (κ1) is 19.9. The maximum absolute atomic E-state index is 12.4. The molecule has 1 heterocycles. The van der Waals surface area contributed by atoms with Gasteiger partial charge in [0.2, 0.25) is 0 Å². The Morgan fingerprint density at radius 3 is 2.36 bits per heavy atom. The Hall–Kier alpha value is -2.84. The lowest BCUT2D eigenvalue weighted by molar-refractivity contribution is 0.0600. The van der Waals surface area contributed by atoms with Crippen LogP contribution in [0.5, 0.6) is 0 Å². The number of sulfonamides is 1. The lowest BCUT2D eigenvalue weighted by atomic mass is 10.2. The van der Waals surface area contributed by atoms with E-state index in [2.05, 4.69) is 9.71 Å². The number of carbonyl (C=O) groups is 1. The molecular formula is C20H18N2O4S2. The first-order chi connectivity index (χ1) is 13.4. The van der Waals surface area contributed by atoms with Crippen LogP contribution in [0.2, 0.25) is 0 Å². The van der Waals surface area contributed by atoms with E-state index < -0.39 is 16.0 Å². The van der Waals surface area contributed by atoms with Crippen LogP contribution in [0.25, 0.3) is 0 Å². The Labute approximate surface area is 168 Å². The monoisotopic (exact) mass is 414 g/mol. The number of nitrogens with one attached hydrogen (secondary N) is 1. The van der Waals surface area contributed by atoms with Crippen LogP contribution in [0.3, 0.4) is 0 Å². The number of methoxy groups -OCH3 is 1. The first-order valence-corrected chi connectivity index (χ1v) is 10.6. The maximum atomic E-state index is 12.4. The van der Waals surface area contributed by atoms with Crippen molar-refractivity contribution in [1.29, 1.82) is 0 Å². The van der Waals surface area contributed by atoms with Gasteiger partial charge in [0, 0.05) is 16.8 Å². The fourth-order valence-electron chi connectivity index (χ4n) is 2.35. The average Bonchev–Trinajstić information content (AvgIpc) is 2.69. The number of aromatic nitrogens is 1. The minimum atomic E-state index is -3.64. The van der Waals surface area contributed by atoms with Crippen molar-refractivity contribution >= 4 is 33.4 Å². The van der Waals surface area contributed by atoms with E-state index in [1.807, 2.05) is 6.92 Å². The van der Waals surface area contributed by atoms with Gasteiger partial charge in [0.15, 0.2) is 0 Å². The third-order valence-electron chi connectivity index (χ3n) is 3.82. The SMILES string of the molecule is COC(=O)c1ccnc(Sc2ccc(NS(=O)(=O)c3ccc(C)cc3)cc2)c1. The fourth-order valence-corrected chi connectivity index (χ4v) is 4.23. The van der Waals surface area contributed by atoms with Gasteiger partial charge in [-0.05, 0) is 55.5 Å². The van der Waals surface area contributed by atoms with Crippen LogP contribution in [0, 0.1) is 6.92 Å². The molecule has 0 saturated carbocycles. The van der Waals surface area contributed by atoms with Crippen LogP contribution in [0.15, 0.2) is 81.7 Å². The first-order valence-electron chi connectivity index (χ1n) is 8.29. The highest BCUT2D eigenvalue weighted by Crippen LogP contribution is 2.28. The van der Waals surface area contributed by atoms with Gasteiger partial charge in [-0.3, -0.25) is 4.72 Å². The quantitative estimate of drug-likeness (QED) is 0.611. The molecule has 0 aliphatic carbocycles. The van der Waals surface area contributed by atoms with Crippen LogP contribution in [0.4, 0.5) is 5.69 Å². The van der Waals surface area contributed by atoms with E-state index in [0.29, 0.717) is 16.3 Å². The standard InChI is InChI=1S/C20H18N2O4S2/c1-14-3-9-18(10-4-14)28(24,25)22-16-5-7-17(8-6-16)27-19-13-15(11-12-21-19)20(23)26-2/h3-13,22H,1-2H3. The number of rotatable bonds is 6. The molecule has 1 N–H and O–H groups in total. The molecule has 28 heavy (non-hydrogen) atoms. The van der Waals surface area contributed by atoms with Crippen LogP contribution in [-0.2, 0) is 14.8 Å². The molecule has 0 bridgehead atoms. The highest BCUT2D eigenvalue weighted by atomic mass is 32.2. The lowest BCUT2D eigenvalue weighted by Crippen LogP contribution is -2.12. The molecule has 2 aromatic carbocycles. The molecule has 0 amide bonds. The summed E-state index contributed by atoms with van der Waals surface area (Å²) in [6.45, 7) is 1.90. The van der Waals surface area contributed by atoms with Crippen LogP contribution >= 0.6 is 11.8 Å². The third kappa shape index (κ3) is 4.90. The Kier molecular flexibility index (Phi) is 6.01. The predicted octanol–water partition coefficient (Wildman–Crippen LogP) is 4.13. The number of pyridine rings is 1. The van der Waals surface area contributed by atoms with Gasteiger partial charge in [-0.15, -0.1) is 0 Å². The van der Waals surface area contributed by atoms with Crippen LogP contribution < -0.4 is 4.72 Å². The molecule has 0 spiro atoms. The molecule has 8 heteroatoms. The predicted molar refractivity (Wildman–Crippen MR) is 108 cm³/mol. The van der Waals surface area contributed by atoms with Gasteiger partial charge in [-0.25, -0.2) is 18.2 Å². The molecule has 0 atom stereocenters. The van der Waals surface area contributed by atoms with E-state index in [1.54, 1.807) is 66.9 Å². The lowest BCUT2D eigenvalue weighted by Gasteiger charge is -2.09. The second kappa shape index (κ2) is 8.45. The number of hydrogen-bond donors (Lipinski definition) is 1. The molecule has 0 radical (unpaired) electrons. The summed E-state index contributed by atoms with van der Waals surface area (Å²) < 4.78 is 32.2. The van der Waals surface area contributed by atoms with Gasteiger partial charge in [0.25, 0.3) is 10.0 Å². The Balaban J connectivity index is 1.72. The van der Waals surface area contributed by atoms with E-state index in [0.717, 1.165) is 10.5 Å². The molecule has 3 rings (SSSR count). The largest absolute Gasteiger partial charge is 0.465 e.